The van der Waals surface area contributed by atoms with Crippen LogP contribution in [-0.4, -0.2) is 59.7 Å². The van der Waals surface area contributed by atoms with Gasteiger partial charge in [-0.25, -0.2) is 4.98 Å². The molecule has 1 aromatic carbocycles. The topological polar surface area (TPSA) is 123 Å². The molecule has 0 bridgehead atoms. The van der Waals surface area contributed by atoms with Crippen LogP contribution in [0.15, 0.2) is 36.7 Å². The van der Waals surface area contributed by atoms with E-state index in [1.807, 2.05) is 4.40 Å². The summed E-state index contributed by atoms with van der Waals surface area (Å²) in [7, 11) is 0. The zero-order valence-electron chi connectivity index (χ0n) is 18.7. The molecule has 1 atom stereocenters. The van der Waals surface area contributed by atoms with Crippen molar-refractivity contribution in [2.45, 2.75) is 38.0 Å². The van der Waals surface area contributed by atoms with E-state index in [1.54, 1.807) is 29.3 Å². The van der Waals surface area contributed by atoms with Crippen molar-refractivity contribution in [3.05, 3.63) is 48.0 Å². The highest BCUT2D eigenvalue weighted by molar-refractivity contribution is 5.84. The average Bonchev–Trinajstić information content (AvgIpc) is 3.27. The summed E-state index contributed by atoms with van der Waals surface area (Å²) in [6, 6.07) is 6.13. The SMILES string of the molecule is CC(O)C(=O)N1CCC(c2nnc3cnc4ccc(-c5cnc(N)c(C(F)(F)F)c5)cc4n23)CC1. The predicted molar refractivity (Wildman–Crippen MR) is 121 cm³/mol. The second-order valence-electron chi connectivity index (χ2n) is 8.64. The molecular weight excluding hydrogens is 463 g/mol. The minimum absolute atomic E-state index is 0.00678. The first-order valence-electron chi connectivity index (χ1n) is 11.1. The summed E-state index contributed by atoms with van der Waals surface area (Å²) in [5, 5.41) is 18.2. The number of carbonyl (C=O) groups is 1. The van der Waals surface area contributed by atoms with Gasteiger partial charge in [0.2, 0.25) is 0 Å². The summed E-state index contributed by atoms with van der Waals surface area (Å²) >= 11 is 0. The van der Waals surface area contributed by atoms with Crippen molar-refractivity contribution in [1.82, 2.24) is 29.5 Å². The Hall–Kier alpha value is -3.80. The second-order valence-corrected chi connectivity index (χ2v) is 8.64. The standard InChI is InChI=1S/C23H22F3N7O2/c1-12(34)22(35)32-6-4-13(5-7-32)21-31-30-19-11-28-17-3-2-14(9-18(17)33(19)21)15-8-16(23(24,25)26)20(27)29-10-15/h2-3,8-13,34H,4-7H2,1H3,(H2,27,29). The van der Waals surface area contributed by atoms with E-state index in [1.165, 1.54) is 13.1 Å². The van der Waals surface area contributed by atoms with Gasteiger partial charge in [0.15, 0.2) is 5.65 Å². The smallest absolute Gasteiger partial charge is 0.384 e. The van der Waals surface area contributed by atoms with Gasteiger partial charge in [-0.2, -0.15) is 13.2 Å². The van der Waals surface area contributed by atoms with E-state index < -0.39 is 23.7 Å². The fourth-order valence-electron chi connectivity index (χ4n) is 4.50. The summed E-state index contributed by atoms with van der Waals surface area (Å²) in [5.74, 6) is -0.177. The number of nitrogen functional groups attached to an aromatic ring is 1. The molecule has 182 valence electrons. The highest BCUT2D eigenvalue weighted by Gasteiger charge is 2.34. The number of piperidine rings is 1. The molecule has 0 aliphatic carbocycles. The minimum atomic E-state index is -4.62. The van der Waals surface area contributed by atoms with Gasteiger partial charge in [0.05, 0.1) is 22.8 Å². The number of pyridine rings is 1. The predicted octanol–water partition coefficient (Wildman–Crippen LogP) is 3.03. The van der Waals surface area contributed by atoms with E-state index in [0.29, 0.717) is 54.0 Å². The lowest BCUT2D eigenvalue weighted by Crippen LogP contribution is -2.42. The van der Waals surface area contributed by atoms with E-state index in [-0.39, 0.29) is 17.4 Å². The van der Waals surface area contributed by atoms with Gasteiger partial charge in [0.25, 0.3) is 5.91 Å². The zero-order valence-corrected chi connectivity index (χ0v) is 18.7. The average molecular weight is 485 g/mol. The fourth-order valence-corrected chi connectivity index (χ4v) is 4.50. The summed E-state index contributed by atoms with van der Waals surface area (Å²) in [5.41, 5.74) is 7.03. The lowest BCUT2D eigenvalue weighted by molar-refractivity contribution is -0.140. The molecule has 4 heterocycles. The maximum absolute atomic E-state index is 13.4. The number of fused-ring (bicyclic) bond motifs is 3. The van der Waals surface area contributed by atoms with Crippen molar-refractivity contribution in [2.24, 2.45) is 0 Å². The lowest BCUT2D eigenvalue weighted by atomic mass is 9.95. The van der Waals surface area contributed by atoms with Crippen molar-refractivity contribution in [3.63, 3.8) is 0 Å². The van der Waals surface area contributed by atoms with E-state index >= 15 is 0 Å². The summed E-state index contributed by atoms with van der Waals surface area (Å²) in [4.78, 5) is 21.9. The molecule has 1 saturated heterocycles. The van der Waals surface area contributed by atoms with E-state index in [9.17, 15) is 23.1 Å². The Labute approximate surface area is 197 Å². The number of anilines is 1. The van der Waals surface area contributed by atoms with Gasteiger partial charge in [0, 0.05) is 30.8 Å². The monoisotopic (exact) mass is 485 g/mol. The first-order valence-corrected chi connectivity index (χ1v) is 11.1. The fraction of sp³-hybridized carbons (Fsp3) is 0.348. The number of hydrogen-bond donors (Lipinski definition) is 2. The molecule has 12 heteroatoms. The van der Waals surface area contributed by atoms with Gasteiger partial charge < -0.3 is 15.7 Å². The molecule has 1 amide bonds. The number of hydrogen-bond acceptors (Lipinski definition) is 7. The number of halogens is 3. The number of rotatable bonds is 3. The Morgan fingerprint density at radius 1 is 1.11 bits per heavy atom. The first-order chi connectivity index (χ1) is 16.6. The second kappa shape index (κ2) is 8.45. The first kappa shape index (κ1) is 23.0. The Balaban J connectivity index is 1.55. The van der Waals surface area contributed by atoms with Crippen molar-refractivity contribution >= 4 is 28.4 Å². The maximum atomic E-state index is 13.4. The quantitative estimate of drug-likeness (QED) is 0.457. The van der Waals surface area contributed by atoms with Crippen LogP contribution >= 0.6 is 0 Å². The number of nitrogens with zero attached hydrogens (tertiary/aromatic N) is 6. The number of aliphatic hydroxyl groups is 1. The number of aromatic nitrogens is 5. The van der Waals surface area contributed by atoms with E-state index in [2.05, 4.69) is 20.2 Å². The molecule has 3 aromatic heterocycles. The molecular formula is C23H22F3N7O2. The minimum Gasteiger partial charge on any atom is -0.384 e. The number of alkyl halides is 3. The number of likely N-dealkylation sites (tertiary alicyclic amines) is 1. The van der Waals surface area contributed by atoms with Crippen LogP contribution in [-0.2, 0) is 11.0 Å². The Morgan fingerprint density at radius 2 is 1.86 bits per heavy atom. The maximum Gasteiger partial charge on any atom is 0.419 e. The highest BCUT2D eigenvalue weighted by Crippen LogP contribution is 2.36. The van der Waals surface area contributed by atoms with Gasteiger partial charge in [-0.3, -0.25) is 14.2 Å². The van der Waals surface area contributed by atoms with Crippen LogP contribution in [0.1, 0.15) is 37.1 Å². The van der Waals surface area contributed by atoms with E-state index in [4.69, 9.17) is 5.73 Å². The van der Waals surface area contributed by atoms with Gasteiger partial charge in [-0.1, -0.05) is 6.07 Å². The Bertz CT molecular complexity index is 1430. The molecule has 3 N–H and O–H groups in total. The van der Waals surface area contributed by atoms with Crippen LogP contribution in [0.2, 0.25) is 0 Å². The third kappa shape index (κ3) is 4.14. The van der Waals surface area contributed by atoms with Crippen molar-refractivity contribution in [2.75, 3.05) is 18.8 Å². The largest absolute Gasteiger partial charge is 0.419 e. The van der Waals surface area contributed by atoms with Crippen molar-refractivity contribution < 1.29 is 23.1 Å². The number of benzene rings is 1. The van der Waals surface area contributed by atoms with Crippen molar-refractivity contribution in [1.29, 1.82) is 0 Å². The van der Waals surface area contributed by atoms with Crippen LogP contribution in [0, 0.1) is 0 Å². The van der Waals surface area contributed by atoms with Gasteiger partial charge in [-0.15, -0.1) is 10.2 Å². The highest BCUT2D eigenvalue weighted by atomic mass is 19.4. The summed E-state index contributed by atoms with van der Waals surface area (Å²) in [6.45, 7) is 2.41. The van der Waals surface area contributed by atoms with Gasteiger partial charge in [0.1, 0.15) is 17.7 Å². The zero-order chi connectivity index (χ0) is 24.9. The molecule has 9 nitrogen and oxygen atoms in total. The molecule has 35 heavy (non-hydrogen) atoms. The normalized spacial score (nSPS) is 16.2. The third-order valence-electron chi connectivity index (χ3n) is 6.33. The molecule has 0 saturated carbocycles. The number of aliphatic hydroxyl groups excluding tert-OH is 1. The Morgan fingerprint density at radius 3 is 2.54 bits per heavy atom. The number of carbonyl (C=O) groups excluding carboxylic acids is 1. The third-order valence-corrected chi connectivity index (χ3v) is 6.33. The van der Waals surface area contributed by atoms with Crippen LogP contribution in [0.5, 0.6) is 0 Å². The van der Waals surface area contributed by atoms with E-state index in [0.717, 1.165) is 6.07 Å². The number of nitrogens with two attached hydrogens (primary N) is 1. The van der Waals surface area contributed by atoms with Gasteiger partial charge >= 0.3 is 6.18 Å². The van der Waals surface area contributed by atoms with Crippen molar-refractivity contribution in [3.8, 4) is 11.1 Å². The molecule has 0 spiro atoms. The molecule has 5 rings (SSSR count). The van der Waals surface area contributed by atoms with Gasteiger partial charge in [-0.05, 0) is 43.5 Å². The summed E-state index contributed by atoms with van der Waals surface area (Å²) < 4.78 is 41.9. The van der Waals surface area contributed by atoms with Crippen LogP contribution in [0.25, 0.3) is 27.8 Å². The van der Waals surface area contributed by atoms with Crippen LogP contribution < -0.4 is 5.73 Å². The van der Waals surface area contributed by atoms with Crippen LogP contribution in [0.3, 0.4) is 0 Å². The lowest BCUT2D eigenvalue weighted by Gasteiger charge is -2.32. The number of amides is 1. The summed E-state index contributed by atoms with van der Waals surface area (Å²) in [6.07, 6.45) is -1.49. The molecule has 1 fully saturated rings. The Kier molecular flexibility index (Phi) is 5.55. The molecule has 1 aliphatic heterocycles. The molecule has 4 aromatic rings. The van der Waals surface area contributed by atoms with Crippen LogP contribution in [0.4, 0.5) is 19.0 Å². The molecule has 0 radical (unpaired) electrons. The molecule has 1 aliphatic rings. The molecule has 1 unspecified atom stereocenters.